The molecule has 4 heteroatoms. The second kappa shape index (κ2) is 4.01. The van der Waals surface area contributed by atoms with Gasteiger partial charge in [0.05, 0.1) is 6.61 Å². The summed E-state index contributed by atoms with van der Waals surface area (Å²) in [4.78, 5) is 9.24. The Bertz CT molecular complexity index is 384. The van der Waals surface area contributed by atoms with Gasteiger partial charge in [-0.25, -0.2) is 9.97 Å². The highest BCUT2D eigenvalue weighted by molar-refractivity contribution is 5.37. The van der Waals surface area contributed by atoms with Crippen LogP contribution in [0, 0.1) is 0 Å². The van der Waals surface area contributed by atoms with E-state index in [0.29, 0.717) is 11.8 Å². The molecule has 1 N–H and O–H groups in total. The van der Waals surface area contributed by atoms with Gasteiger partial charge in [0, 0.05) is 37.3 Å². The van der Waals surface area contributed by atoms with Gasteiger partial charge in [-0.3, -0.25) is 0 Å². The standard InChI is InChI=1S/C12H17N3O/c1-13-11-6-10(8-2-3-8)14-12(15-11)9-4-5-16-7-9/h6,8-9H,2-5,7H2,1H3,(H,13,14,15). The van der Waals surface area contributed by atoms with E-state index < -0.39 is 0 Å². The Kier molecular flexibility index (Phi) is 2.52. The average Bonchev–Trinajstić information content (AvgIpc) is 3.04. The summed E-state index contributed by atoms with van der Waals surface area (Å²) in [5, 5.41) is 3.12. The zero-order valence-corrected chi connectivity index (χ0v) is 9.57. The average molecular weight is 219 g/mol. The predicted molar refractivity (Wildman–Crippen MR) is 61.7 cm³/mol. The number of aromatic nitrogens is 2. The largest absolute Gasteiger partial charge is 0.381 e. The minimum Gasteiger partial charge on any atom is -0.381 e. The molecule has 1 saturated carbocycles. The van der Waals surface area contributed by atoms with Gasteiger partial charge in [0.2, 0.25) is 0 Å². The van der Waals surface area contributed by atoms with Crippen LogP contribution in [0.25, 0.3) is 0 Å². The van der Waals surface area contributed by atoms with E-state index in [2.05, 4.69) is 16.4 Å². The first-order chi connectivity index (χ1) is 7.86. The summed E-state index contributed by atoms with van der Waals surface area (Å²) >= 11 is 0. The molecule has 1 saturated heterocycles. The molecule has 16 heavy (non-hydrogen) atoms. The lowest BCUT2D eigenvalue weighted by molar-refractivity contribution is 0.193. The fourth-order valence-corrected chi connectivity index (χ4v) is 2.12. The van der Waals surface area contributed by atoms with E-state index in [0.717, 1.165) is 31.3 Å². The van der Waals surface area contributed by atoms with Crippen molar-refractivity contribution in [1.82, 2.24) is 9.97 Å². The first-order valence-corrected chi connectivity index (χ1v) is 6.01. The number of ether oxygens (including phenoxy) is 1. The van der Waals surface area contributed by atoms with Gasteiger partial charge >= 0.3 is 0 Å². The highest BCUT2D eigenvalue weighted by atomic mass is 16.5. The monoisotopic (exact) mass is 219 g/mol. The number of hydrogen-bond acceptors (Lipinski definition) is 4. The maximum absolute atomic E-state index is 5.40. The zero-order valence-electron chi connectivity index (χ0n) is 9.57. The Balaban J connectivity index is 1.92. The third-order valence-electron chi connectivity index (χ3n) is 3.31. The SMILES string of the molecule is CNc1cc(C2CC2)nc(C2CCOC2)n1. The second-order valence-corrected chi connectivity index (χ2v) is 4.62. The van der Waals surface area contributed by atoms with E-state index in [1.165, 1.54) is 18.5 Å². The smallest absolute Gasteiger partial charge is 0.136 e. The van der Waals surface area contributed by atoms with E-state index in [1.54, 1.807) is 0 Å². The van der Waals surface area contributed by atoms with Crippen LogP contribution in [0.3, 0.4) is 0 Å². The van der Waals surface area contributed by atoms with E-state index in [9.17, 15) is 0 Å². The van der Waals surface area contributed by atoms with Crippen molar-refractivity contribution in [3.8, 4) is 0 Å². The fourth-order valence-electron chi connectivity index (χ4n) is 2.12. The van der Waals surface area contributed by atoms with Gasteiger partial charge in [-0.15, -0.1) is 0 Å². The second-order valence-electron chi connectivity index (χ2n) is 4.62. The van der Waals surface area contributed by atoms with E-state index >= 15 is 0 Å². The summed E-state index contributed by atoms with van der Waals surface area (Å²) in [5.74, 6) is 2.98. The van der Waals surface area contributed by atoms with Crippen LogP contribution in [0.5, 0.6) is 0 Å². The minimum atomic E-state index is 0.394. The van der Waals surface area contributed by atoms with Crippen LogP contribution in [0.4, 0.5) is 5.82 Å². The Morgan fingerprint density at radius 3 is 2.75 bits per heavy atom. The maximum atomic E-state index is 5.40. The van der Waals surface area contributed by atoms with Gasteiger partial charge in [-0.05, 0) is 19.3 Å². The molecule has 2 aliphatic rings. The van der Waals surface area contributed by atoms with Crippen molar-refractivity contribution in [2.45, 2.75) is 31.1 Å². The molecular formula is C12H17N3O. The van der Waals surface area contributed by atoms with Crippen molar-refractivity contribution < 1.29 is 4.74 Å². The van der Waals surface area contributed by atoms with Gasteiger partial charge < -0.3 is 10.1 Å². The molecule has 0 spiro atoms. The van der Waals surface area contributed by atoms with Gasteiger partial charge in [-0.2, -0.15) is 0 Å². The molecule has 2 fully saturated rings. The molecule has 2 heterocycles. The highest BCUT2D eigenvalue weighted by Crippen LogP contribution is 2.40. The quantitative estimate of drug-likeness (QED) is 0.843. The summed E-state index contributed by atoms with van der Waals surface area (Å²) in [6, 6.07) is 2.08. The summed E-state index contributed by atoms with van der Waals surface area (Å²) in [7, 11) is 1.91. The van der Waals surface area contributed by atoms with Crippen LogP contribution in [0.15, 0.2) is 6.07 Å². The molecule has 0 bridgehead atoms. The van der Waals surface area contributed by atoms with Crippen LogP contribution in [0.1, 0.15) is 42.6 Å². The van der Waals surface area contributed by atoms with Gasteiger partial charge in [0.25, 0.3) is 0 Å². The number of nitrogens with one attached hydrogen (secondary N) is 1. The molecule has 0 radical (unpaired) electrons. The molecule has 86 valence electrons. The lowest BCUT2D eigenvalue weighted by Gasteiger charge is -2.10. The lowest BCUT2D eigenvalue weighted by atomic mass is 10.1. The number of anilines is 1. The molecule has 1 atom stereocenters. The topological polar surface area (TPSA) is 47.0 Å². The van der Waals surface area contributed by atoms with Gasteiger partial charge in [0.1, 0.15) is 11.6 Å². The summed E-state index contributed by atoms with van der Waals surface area (Å²) in [5.41, 5.74) is 1.21. The Morgan fingerprint density at radius 1 is 1.25 bits per heavy atom. The summed E-state index contributed by atoms with van der Waals surface area (Å²) < 4.78 is 5.40. The van der Waals surface area contributed by atoms with E-state index in [1.807, 2.05) is 7.05 Å². The van der Waals surface area contributed by atoms with Crippen LogP contribution in [0.2, 0.25) is 0 Å². The fraction of sp³-hybridized carbons (Fsp3) is 0.667. The van der Waals surface area contributed by atoms with Crippen molar-refractivity contribution >= 4 is 5.82 Å². The third-order valence-corrected chi connectivity index (χ3v) is 3.31. The van der Waals surface area contributed by atoms with E-state index in [4.69, 9.17) is 9.72 Å². The Morgan fingerprint density at radius 2 is 2.12 bits per heavy atom. The van der Waals surface area contributed by atoms with Crippen molar-refractivity contribution in [3.05, 3.63) is 17.6 Å². The maximum Gasteiger partial charge on any atom is 0.136 e. The van der Waals surface area contributed by atoms with Crippen LogP contribution in [-0.4, -0.2) is 30.2 Å². The first-order valence-electron chi connectivity index (χ1n) is 6.01. The number of rotatable bonds is 3. The lowest BCUT2D eigenvalue weighted by Crippen LogP contribution is -2.08. The molecule has 1 unspecified atom stereocenters. The molecule has 3 rings (SSSR count). The molecule has 1 aromatic rings. The molecule has 1 aliphatic carbocycles. The first kappa shape index (κ1) is 10.0. The van der Waals surface area contributed by atoms with Crippen molar-refractivity contribution in [2.75, 3.05) is 25.6 Å². The normalized spacial score (nSPS) is 24.7. The van der Waals surface area contributed by atoms with E-state index in [-0.39, 0.29) is 0 Å². The molecule has 4 nitrogen and oxygen atoms in total. The summed E-state index contributed by atoms with van der Waals surface area (Å²) in [6.07, 6.45) is 3.61. The van der Waals surface area contributed by atoms with Crippen molar-refractivity contribution in [1.29, 1.82) is 0 Å². The minimum absolute atomic E-state index is 0.394. The summed E-state index contributed by atoms with van der Waals surface area (Å²) in [6.45, 7) is 1.62. The van der Waals surface area contributed by atoms with Crippen LogP contribution < -0.4 is 5.32 Å². The Hall–Kier alpha value is -1.16. The van der Waals surface area contributed by atoms with Crippen LogP contribution in [-0.2, 0) is 4.74 Å². The van der Waals surface area contributed by atoms with Crippen molar-refractivity contribution in [2.24, 2.45) is 0 Å². The van der Waals surface area contributed by atoms with Gasteiger partial charge in [0.15, 0.2) is 0 Å². The molecule has 1 aromatic heterocycles. The zero-order chi connectivity index (χ0) is 11.0. The highest BCUT2D eigenvalue weighted by Gasteiger charge is 2.28. The molecule has 1 aliphatic heterocycles. The third kappa shape index (κ3) is 1.89. The van der Waals surface area contributed by atoms with Gasteiger partial charge in [-0.1, -0.05) is 0 Å². The molecule has 0 aromatic carbocycles. The number of hydrogen-bond donors (Lipinski definition) is 1. The predicted octanol–water partition coefficient (Wildman–Crippen LogP) is 1.90. The Labute approximate surface area is 95.4 Å². The molecular weight excluding hydrogens is 202 g/mol. The van der Waals surface area contributed by atoms with Crippen LogP contribution >= 0.6 is 0 Å². The number of nitrogens with zero attached hydrogens (tertiary/aromatic N) is 2. The molecule has 0 amide bonds. The van der Waals surface area contributed by atoms with Crippen molar-refractivity contribution in [3.63, 3.8) is 0 Å².